The fourth-order valence-electron chi connectivity index (χ4n) is 3.85. The van der Waals surface area contributed by atoms with Gasteiger partial charge in [-0.25, -0.2) is 0 Å². The summed E-state index contributed by atoms with van der Waals surface area (Å²) in [5.74, 6) is 0.605. The Morgan fingerprint density at radius 1 is 1.22 bits per heavy atom. The van der Waals surface area contributed by atoms with E-state index < -0.39 is 0 Å². The third kappa shape index (κ3) is 3.52. The van der Waals surface area contributed by atoms with Crippen molar-refractivity contribution in [2.24, 2.45) is 11.7 Å². The van der Waals surface area contributed by atoms with Crippen LogP contribution in [-0.2, 0) is 0 Å². The minimum Gasteiger partial charge on any atom is -0.371 e. The molecule has 4 heteroatoms. The van der Waals surface area contributed by atoms with Gasteiger partial charge in [0, 0.05) is 37.9 Å². The number of carbonyl (C=O) groups excluding carboxylic acids is 1. The van der Waals surface area contributed by atoms with Crippen LogP contribution in [-0.4, -0.2) is 43.0 Å². The van der Waals surface area contributed by atoms with Gasteiger partial charge in [-0.15, -0.1) is 0 Å². The number of rotatable bonds is 3. The van der Waals surface area contributed by atoms with Crippen molar-refractivity contribution in [1.82, 2.24) is 4.90 Å². The van der Waals surface area contributed by atoms with E-state index in [0.717, 1.165) is 55.8 Å². The van der Waals surface area contributed by atoms with Crippen LogP contribution in [0.3, 0.4) is 0 Å². The third-order valence-corrected chi connectivity index (χ3v) is 5.32. The summed E-state index contributed by atoms with van der Waals surface area (Å²) in [4.78, 5) is 17.5. The van der Waals surface area contributed by atoms with Crippen LogP contribution in [0.5, 0.6) is 0 Å². The Morgan fingerprint density at radius 3 is 2.65 bits per heavy atom. The van der Waals surface area contributed by atoms with Crippen molar-refractivity contribution in [1.29, 1.82) is 0 Å². The Hall–Kier alpha value is -1.55. The van der Waals surface area contributed by atoms with E-state index in [0.29, 0.717) is 5.92 Å². The lowest BCUT2D eigenvalue weighted by Gasteiger charge is -2.35. The summed E-state index contributed by atoms with van der Waals surface area (Å²) in [6.07, 6.45) is 4.63. The molecule has 0 saturated carbocycles. The van der Waals surface area contributed by atoms with Crippen molar-refractivity contribution < 1.29 is 4.79 Å². The van der Waals surface area contributed by atoms with Crippen molar-refractivity contribution in [3.05, 3.63) is 29.3 Å². The molecule has 1 amide bonds. The number of nitrogens with zero attached hydrogens (tertiary/aromatic N) is 2. The molecule has 1 aromatic carbocycles. The number of likely N-dealkylation sites (tertiary alicyclic amines) is 1. The second kappa shape index (κ2) is 6.91. The zero-order chi connectivity index (χ0) is 16.4. The molecule has 0 radical (unpaired) electrons. The van der Waals surface area contributed by atoms with Gasteiger partial charge in [0.05, 0.1) is 5.56 Å². The maximum Gasteiger partial charge on any atom is 0.255 e. The van der Waals surface area contributed by atoms with Crippen LogP contribution in [0.2, 0.25) is 0 Å². The molecule has 4 nitrogen and oxygen atoms in total. The molecule has 2 N–H and O–H groups in total. The highest BCUT2D eigenvalue weighted by Gasteiger charge is 2.29. The van der Waals surface area contributed by atoms with E-state index in [4.69, 9.17) is 5.73 Å². The minimum absolute atomic E-state index is 0.154. The maximum atomic E-state index is 13.2. The number of amides is 1. The molecule has 0 aliphatic carbocycles. The summed E-state index contributed by atoms with van der Waals surface area (Å²) in [6.45, 7) is 7.89. The number of hydrogen-bond acceptors (Lipinski definition) is 3. The van der Waals surface area contributed by atoms with Gasteiger partial charge in [-0.2, -0.15) is 0 Å². The number of carbonyl (C=O) groups is 1. The van der Waals surface area contributed by atoms with Crippen LogP contribution in [0, 0.1) is 12.8 Å². The molecule has 2 heterocycles. The first-order chi connectivity index (χ1) is 11.1. The lowest BCUT2D eigenvalue weighted by atomic mass is 9.91. The van der Waals surface area contributed by atoms with Crippen LogP contribution in [0.25, 0.3) is 0 Å². The Labute approximate surface area is 139 Å². The van der Waals surface area contributed by atoms with Crippen LogP contribution in [0.15, 0.2) is 18.2 Å². The summed E-state index contributed by atoms with van der Waals surface area (Å²) in [5.41, 5.74) is 9.21. The molecule has 2 fully saturated rings. The first-order valence-electron chi connectivity index (χ1n) is 8.96. The number of nitrogens with two attached hydrogens (primary N) is 1. The average Bonchev–Trinajstić information content (AvgIpc) is 3.08. The predicted octanol–water partition coefficient (Wildman–Crippen LogP) is 2.79. The second-order valence-corrected chi connectivity index (χ2v) is 7.23. The first kappa shape index (κ1) is 16.3. The number of anilines is 1. The lowest BCUT2D eigenvalue weighted by Crippen LogP contribution is -2.45. The van der Waals surface area contributed by atoms with E-state index in [1.54, 1.807) is 0 Å². The van der Waals surface area contributed by atoms with Crippen molar-refractivity contribution in [2.45, 2.75) is 45.6 Å². The van der Waals surface area contributed by atoms with E-state index >= 15 is 0 Å². The number of aryl methyl sites for hydroxylation is 1. The average molecular weight is 315 g/mol. The molecule has 2 saturated heterocycles. The summed E-state index contributed by atoms with van der Waals surface area (Å²) in [5, 5.41) is 0. The van der Waals surface area contributed by atoms with Gasteiger partial charge in [0.2, 0.25) is 0 Å². The van der Waals surface area contributed by atoms with Crippen molar-refractivity contribution in [3.8, 4) is 0 Å². The molecule has 0 aromatic heterocycles. The molecular formula is C19H29N3O. The summed E-state index contributed by atoms with van der Waals surface area (Å²) in [6, 6.07) is 6.46. The van der Waals surface area contributed by atoms with Crippen LogP contribution in [0.4, 0.5) is 5.69 Å². The Balaban J connectivity index is 1.84. The summed E-state index contributed by atoms with van der Waals surface area (Å²) < 4.78 is 0. The molecule has 2 aliphatic heterocycles. The number of benzene rings is 1. The topological polar surface area (TPSA) is 49.6 Å². The zero-order valence-electron chi connectivity index (χ0n) is 14.4. The molecule has 0 unspecified atom stereocenters. The number of piperidine rings is 1. The zero-order valence-corrected chi connectivity index (χ0v) is 14.4. The van der Waals surface area contributed by atoms with Crippen LogP contribution in [0.1, 0.15) is 48.5 Å². The van der Waals surface area contributed by atoms with E-state index in [2.05, 4.69) is 36.9 Å². The summed E-state index contributed by atoms with van der Waals surface area (Å²) in [7, 11) is 0. The van der Waals surface area contributed by atoms with Crippen LogP contribution >= 0.6 is 0 Å². The second-order valence-electron chi connectivity index (χ2n) is 7.23. The van der Waals surface area contributed by atoms with E-state index in [-0.39, 0.29) is 11.9 Å². The van der Waals surface area contributed by atoms with Crippen molar-refractivity contribution >= 4 is 11.6 Å². The van der Waals surface area contributed by atoms with Gasteiger partial charge in [-0.3, -0.25) is 4.79 Å². The quantitative estimate of drug-likeness (QED) is 0.933. The fourth-order valence-corrected chi connectivity index (χ4v) is 3.85. The van der Waals surface area contributed by atoms with E-state index in [1.165, 1.54) is 12.8 Å². The lowest BCUT2D eigenvalue weighted by molar-refractivity contribution is 0.0661. The smallest absolute Gasteiger partial charge is 0.255 e. The minimum atomic E-state index is 0.154. The standard InChI is InChI=1S/C19H29N3O/c1-14-7-8-18(21-9-3-4-10-21)17(12-14)19(23)22-11-5-6-16(13-22)15(2)20/h7-8,12,15-16H,3-6,9-11,13,20H2,1-2H3/t15-,16+/m1/s1. The molecule has 2 aliphatic rings. The molecule has 23 heavy (non-hydrogen) atoms. The molecule has 0 bridgehead atoms. The van der Waals surface area contributed by atoms with Gasteiger partial charge in [0.15, 0.2) is 0 Å². The van der Waals surface area contributed by atoms with E-state index in [1.807, 2.05) is 4.90 Å². The SMILES string of the molecule is Cc1ccc(N2CCCC2)c(C(=O)N2CCC[C@H]([C@@H](C)N)C2)c1. The molecule has 3 rings (SSSR count). The van der Waals surface area contributed by atoms with Gasteiger partial charge in [-0.05, 0) is 57.6 Å². The highest BCUT2D eigenvalue weighted by molar-refractivity contribution is 6.00. The molecule has 2 atom stereocenters. The van der Waals surface area contributed by atoms with Gasteiger partial charge < -0.3 is 15.5 Å². The maximum absolute atomic E-state index is 13.2. The van der Waals surface area contributed by atoms with E-state index in [9.17, 15) is 4.79 Å². The monoisotopic (exact) mass is 315 g/mol. The van der Waals surface area contributed by atoms with Gasteiger partial charge in [-0.1, -0.05) is 11.6 Å². The Kier molecular flexibility index (Phi) is 4.90. The van der Waals surface area contributed by atoms with Gasteiger partial charge in [0.25, 0.3) is 5.91 Å². The van der Waals surface area contributed by atoms with Gasteiger partial charge in [0.1, 0.15) is 0 Å². The normalized spacial score (nSPS) is 23.2. The molecule has 1 aromatic rings. The Bertz CT molecular complexity index is 564. The fraction of sp³-hybridized carbons (Fsp3) is 0.632. The molecule has 0 spiro atoms. The van der Waals surface area contributed by atoms with Crippen molar-refractivity contribution in [3.63, 3.8) is 0 Å². The van der Waals surface area contributed by atoms with Crippen molar-refractivity contribution in [2.75, 3.05) is 31.1 Å². The molecular weight excluding hydrogens is 286 g/mol. The van der Waals surface area contributed by atoms with Gasteiger partial charge >= 0.3 is 0 Å². The number of hydrogen-bond donors (Lipinski definition) is 1. The third-order valence-electron chi connectivity index (χ3n) is 5.32. The highest BCUT2D eigenvalue weighted by atomic mass is 16.2. The Morgan fingerprint density at radius 2 is 1.96 bits per heavy atom. The molecule has 126 valence electrons. The predicted molar refractivity (Wildman–Crippen MR) is 94.9 cm³/mol. The highest BCUT2D eigenvalue weighted by Crippen LogP contribution is 2.28. The summed E-state index contributed by atoms with van der Waals surface area (Å²) >= 11 is 0. The largest absolute Gasteiger partial charge is 0.371 e. The first-order valence-corrected chi connectivity index (χ1v) is 8.96. The van der Waals surface area contributed by atoms with Crippen LogP contribution < -0.4 is 10.6 Å².